The fraction of sp³-hybridized carbons (Fsp3) is 0.353. The number of carbonyl (C=O) groups is 1. The van der Waals surface area contributed by atoms with Crippen LogP contribution in [0.5, 0.6) is 0 Å². The molecule has 1 saturated carbocycles. The summed E-state index contributed by atoms with van der Waals surface area (Å²) in [7, 11) is 0. The van der Waals surface area contributed by atoms with Crippen LogP contribution in [-0.4, -0.2) is 16.5 Å². The van der Waals surface area contributed by atoms with Gasteiger partial charge in [0.1, 0.15) is 6.54 Å². The minimum atomic E-state index is 0.00414. The lowest BCUT2D eigenvalue weighted by molar-refractivity contribution is -0.116. The Bertz CT molecular complexity index is 628. The lowest BCUT2D eigenvalue weighted by atomic mass is 10.2. The van der Waals surface area contributed by atoms with Crippen molar-refractivity contribution in [2.45, 2.75) is 38.9 Å². The Kier molecular flexibility index (Phi) is 4.06. The van der Waals surface area contributed by atoms with E-state index in [4.69, 9.17) is 0 Å². The second-order valence-electron chi connectivity index (χ2n) is 5.70. The van der Waals surface area contributed by atoms with E-state index >= 15 is 0 Å². The van der Waals surface area contributed by atoms with Crippen LogP contribution in [0.1, 0.15) is 24.1 Å². The third-order valence-corrected chi connectivity index (χ3v) is 3.69. The summed E-state index contributed by atoms with van der Waals surface area (Å²) in [4.78, 5) is 12.1. The third-order valence-electron chi connectivity index (χ3n) is 3.69. The molecule has 3 rings (SSSR count). The highest BCUT2D eigenvalue weighted by Crippen LogP contribution is 2.19. The molecular formula is C17H21N3O. The fourth-order valence-corrected chi connectivity index (χ4v) is 2.38. The molecule has 1 aromatic heterocycles. The maximum atomic E-state index is 12.1. The number of anilines is 1. The van der Waals surface area contributed by atoms with Gasteiger partial charge in [0.05, 0.1) is 0 Å². The monoisotopic (exact) mass is 283 g/mol. The van der Waals surface area contributed by atoms with E-state index in [0.717, 1.165) is 23.5 Å². The molecule has 0 aliphatic heterocycles. The largest absolute Gasteiger partial charge is 0.341 e. The minimum absolute atomic E-state index is 0.00414. The summed E-state index contributed by atoms with van der Waals surface area (Å²) in [5.41, 5.74) is 3.15. The van der Waals surface area contributed by atoms with Crippen molar-refractivity contribution in [2.24, 2.45) is 0 Å². The van der Waals surface area contributed by atoms with Crippen molar-refractivity contribution < 1.29 is 4.79 Å². The summed E-state index contributed by atoms with van der Waals surface area (Å²) < 4.78 is 2.00. The summed E-state index contributed by atoms with van der Waals surface area (Å²) in [5.74, 6) is 0.00414. The maximum absolute atomic E-state index is 12.1. The Morgan fingerprint density at radius 3 is 2.90 bits per heavy atom. The van der Waals surface area contributed by atoms with Crippen LogP contribution >= 0.6 is 0 Å². The normalized spacial score (nSPS) is 14.1. The molecule has 2 aromatic rings. The van der Waals surface area contributed by atoms with E-state index in [1.807, 2.05) is 48.0 Å². The van der Waals surface area contributed by atoms with Crippen LogP contribution in [0.4, 0.5) is 5.69 Å². The van der Waals surface area contributed by atoms with Crippen LogP contribution in [0, 0.1) is 6.92 Å². The number of rotatable bonds is 6. The molecule has 0 unspecified atom stereocenters. The van der Waals surface area contributed by atoms with Gasteiger partial charge in [0, 0.05) is 30.2 Å². The number of hydrogen-bond donors (Lipinski definition) is 2. The highest BCUT2D eigenvalue weighted by atomic mass is 16.1. The molecule has 1 fully saturated rings. The zero-order valence-electron chi connectivity index (χ0n) is 12.3. The fourth-order valence-electron chi connectivity index (χ4n) is 2.38. The summed E-state index contributed by atoms with van der Waals surface area (Å²) in [5, 5.41) is 6.42. The van der Waals surface area contributed by atoms with Crippen molar-refractivity contribution in [3.63, 3.8) is 0 Å². The van der Waals surface area contributed by atoms with Gasteiger partial charge < -0.3 is 15.2 Å². The highest BCUT2D eigenvalue weighted by Gasteiger charge is 2.20. The maximum Gasteiger partial charge on any atom is 0.244 e. The molecular weight excluding hydrogens is 262 g/mol. The molecule has 1 aliphatic carbocycles. The minimum Gasteiger partial charge on any atom is -0.341 e. The first-order valence-corrected chi connectivity index (χ1v) is 7.44. The first-order chi connectivity index (χ1) is 10.2. The molecule has 21 heavy (non-hydrogen) atoms. The molecule has 0 bridgehead atoms. The number of aryl methyl sites for hydroxylation is 1. The zero-order chi connectivity index (χ0) is 14.7. The summed E-state index contributed by atoms with van der Waals surface area (Å²) in [6, 6.07) is 12.6. The quantitative estimate of drug-likeness (QED) is 0.856. The third kappa shape index (κ3) is 3.95. The van der Waals surface area contributed by atoms with Crippen LogP contribution in [0.15, 0.2) is 42.6 Å². The van der Waals surface area contributed by atoms with Crippen molar-refractivity contribution in [3.05, 3.63) is 53.9 Å². The van der Waals surface area contributed by atoms with Crippen LogP contribution in [0.3, 0.4) is 0 Å². The van der Waals surface area contributed by atoms with E-state index < -0.39 is 0 Å². The van der Waals surface area contributed by atoms with Crippen molar-refractivity contribution in [2.75, 3.05) is 5.32 Å². The molecule has 110 valence electrons. The van der Waals surface area contributed by atoms with Crippen molar-refractivity contribution in [3.8, 4) is 0 Å². The lowest BCUT2D eigenvalue weighted by Gasteiger charge is -2.11. The second-order valence-corrected chi connectivity index (χ2v) is 5.70. The number of carbonyl (C=O) groups excluding carboxylic acids is 1. The molecule has 0 saturated heterocycles. The molecule has 1 heterocycles. The number of aromatic nitrogens is 1. The number of benzene rings is 1. The second kappa shape index (κ2) is 6.14. The van der Waals surface area contributed by atoms with Crippen LogP contribution < -0.4 is 10.6 Å². The molecule has 0 radical (unpaired) electrons. The molecule has 0 atom stereocenters. The van der Waals surface area contributed by atoms with E-state index in [-0.39, 0.29) is 5.91 Å². The van der Waals surface area contributed by atoms with Gasteiger partial charge in [0.25, 0.3) is 0 Å². The molecule has 1 aromatic carbocycles. The topological polar surface area (TPSA) is 46.1 Å². The smallest absolute Gasteiger partial charge is 0.244 e. The molecule has 4 heteroatoms. The average molecular weight is 283 g/mol. The number of hydrogen-bond acceptors (Lipinski definition) is 2. The van der Waals surface area contributed by atoms with Crippen molar-refractivity contribution in [1.82, 2.24) is 9.88 Å². The van der Waals surface area contributed by atoms with Gasteiger partial charge in [0.2, 0.25) is 5.91 Å². The van der Waals surface area contributed by atoms with E-state index in [0.29, 0.717) is 12.6 Å². The molecule has 4 nitrogen and oxygen atoms in total. The van der Waals surface area contributed by atoms with E-state index in [9.17, 15) is 4.79 Å². The van der Waals surface area contributed by atoms with Gasteiger partial charge in [-0.05, 0) is 49.6 Å². The Morgan fingerprint density at radius 2 is 2.14 bits per heavy atom. The first kappa shape index (κ1) is 13.9. The van der Waals surface area contributed by atoms with Gasteiger partial charge >= 0.3 is 0 Å². The number of nitrogens with zero attached hydrogens (tertiary/aromatic N) is 1. The van der Waals surface area contributed by atoms with E-state index in [1.165, 1.54) is 12.8 Å². The molecule has 0 spiro atoms. The van der Waals surface area contributed by atoms with Gasteiger partial charge in [-0.25, -0.2) is 0 Å². The van der Waals surface area contributed by atoms with Crippen molar-refractivity contribution in [1.29, 1.82) is 0 Å². The highest BCUT2D eigenvalue weighted by molar-refractivity contribution is 5.90. The predicted molar refractivity (Wildman–Crippen MR) is 84.1 cm³/mol. The zero-order valence-corrected chi connectivity index (χ0v) is 12.3. The summed E-state index contributed by atoms with van der Waals surface area (Å²) in [6.45, 7) is 3.20. The standard InChI is InChI=1S/C17H21N3O/c1-13-4-2-5-15(10-13)19-17(21)12-20-9-3-6-16(20)11-18-14-7-8-14/h2-6,9-10,14,18H,7-8,11-12H2,1H3,(H,19,21). The van der Waals surface area contributed by atoms with Gasteiger partial charge in [-0.15, -0.1) is 0 Å². The van der Waals surface area contributed by atoms with E-state index in [1.54, 1.807) is 0 Å². The number of amides is 1. The predicted octanol–water partition coefficient (Wildman–Crippen LogP) is 2.69. The Labute approximate surface area is 125 Å². The van der Waals surface area contributed by atoms with Crippen LogP contribution in [-0.2, 0) is 17.9 Å². The Morgan fingerprint density at radius 1 is 1.29 bits per heavy atom. The van der Waals surface area contributed by atoms with Gasteiger partial charge in [0.15, 0.2) is 0 Å². The molecule has 1 amide bonds. The lowest BCUT2D eigenvalue weighted by Crippen LogP contribution is -2.22. The summed E-state index contributed by atoms with van der Waals surface area (Å²) in [6.07, 6.45) is 4.50. The Hall–Kier alpha value is -2.07. The van der Waals surface area contributed by atoms with Crippen LogP contribution in [0.2, 0.25) is 0 Å². The first-order valence-electron chi connectivity index (χ1n) is 7.44. The van der Waals surface area contributed by atoms with Crippen molar-refractivity contribution >= 4 is 11.6 Å². The van der Waals surface area contributed by atoms with Gasteiger partial charge in [-0.1, -0.05) is 12.1 Å². The van der Waals surface area contributed by atoms with Gasteiger partial charge in [-0.3, -0.25) is 4.79 Å². The van der Waals surface area contributed by atoms with Crippen LogP contribution in [0.25, 0.3) is 0 Å². The van der Waals surface area contributed by atoms with E-state index in [2.05, 4.69) is 16.7 Å². The Balaban J connectivity index is 1.57. The van der Waals surface area contributed by atoms with Gasteiger partial charge in [-0.2, -0.15) is 0 Å². The SMILES string of the molecule is Cc1cccc(NC(=O)Cn2cccc2CNC2CC2)c1. The molecule has 1 aliphatic rings. The number of nitrogens with one attached hydrogen (secondary N) is 2. The molecule has 2 N–H and O–H groups in total. The average Bonchev–Trinajstić information content (AvgIpc) is 3.17. The summed E-state index contributed by atoms with van der Waals surface area (Å²) >= 11 is 0.